The van der Waals surface area contributed by atoms with E-state index in [1.54, 1.807) is 18.2 Å². The quantitative estimate of drug-likeness (QED) is 0.569. The lowest BCUT2D eigenvalue weighted by Crippen LogP contribution is -2.17. The van der Waals surface area contributed by atoms with Gasteiger partial charge < -0.3 is 10.0 Å². The molecular weight excluding hydrogens is 350 g/mol. The first-order valence-electron chi connectivity index (χ1n) is 9.17. The van der Waals surface area contributed by atoms with Crippen molar-refractivity contribution in [3.8, 4) is 11.3 Å². The first kappa shape index (κ1) is 16.4. The Balaban J connectivity index is 1.76. The Morgan fingerprint density at radius 1 is 0.893 bits per heavy atom. The summed E-state index contributed by atoms with van der Waals surface area (Å²) in [5.41, 5.74) is 5.66. The molecule has 1 aromatic heterocycles. The van der Waals surface area contributed by atoms with Crippen LogP contribution in [-0.4, -0.2) is 27.6 Å². The summed E-state index contributed by atoms with van der Waals surface area (Å²) in [4.78, 5) is 23.3. The predicted molar refractivity (Wildman–Crippen MR) is 109 cm³/mol. The average Bonchev–Trinajstić information content (AvgIpc) is 3.17. The van der Waals surface area contributed by atoms with Gasteiger partial charge in [0.05, 0.1) is 16.6 Å². The van der Waals surface area contributed by atoms with Gasteiger partial charge in [-0.2, -0.15) is 0 Å². The molecule has 5 rings (SSSR count). The number of benzene rings is 3. The van der Waals surface area contributed by atoms with Gasteiger partial charge in [-0.3, -0.25) is 0 Å². The molecule has 1 aliphatic rings. The minimum atomic E-state index is -0.969. The van der Waals surface area contributed by atoms with Crippen LogP contribution in [0.5, 0.6) is 0 Å². The van der Waals surface area contributed by atoms with E-state index in [4.69, 9.17) is 9.97 Å². The number of aromatic nitrogens is 2. The number of nitrogens with zero attached hydrogens (tertiary/aromatic N) is 3. The van der Waals surface area contributed by atoms with Crippen LogP contribution < -0.4 is 4.90 Å². The number of anilines is 2. The van der Waals surface area contributed by atoms with Crippen molar-refractivity contribution >= 4 is 28.5 Å². The second-order valence-corrected chi connectivity index (χ2v) is 6.80. The standard InChI is InChI=1S/C23H17N3O2/c27-23(28)17-10-11-18-19(14-17)25-22(21(24-18)16-7-2-1-3-8-16)26-13-12-15-6-4-5-9-20(15)26/h1-11,14H,12-13H2,(H,27,28). The largest absolute Gasteiger partial charge is 0.478 e. The van der Waals surface area contributed by atoms with E-state index < -0.39 is 5.97 Å². The molecule has 4 aromatic rings. The zero-order valence-electron chi connectivity index (χ0n) is 15.0. The van der Waals surface area contributed by atoms with E-state index in [9.17, 15) is 9.90 Å². The summed E-state index contributed by atoms with van der Waals surface area (Å²) >= 11 is 0. The van der Waals surface area contributed by atoms with Crippen LogP contribution in [0.1, 0.15) is 15.9 Å². The van der Waals surface area contributed by atoms with E-state index in [1.165, 1.54) is 5.56 Å². The van der Waals surface area contributed by atoms with Crippen LogP contribution in [0.25, 0.3) is 22.3 Å². The van der Waals surface area contributed by atoms with E-state index in [2.05, 4.69) is 17.0 Å². The smallest absolute Gasteiger partial charge is 0.335 e. The molecule has 5 heteroatoms. The lowest BCUT2D eigenvalue weighted by Gasteiger charge is -2.21. The van der Waals surface area contributed by atoms with Gasteiger partial charge in [-0.15, -0.1) is 0 Å². The van der Waals surface area contributed by atoms with Gasteiger partial charge in [0.1, 0.15) is 5.69 Å². The molecule has 0 unspecified atom stereocenters. The fourth-order valence-electron chi connectivity index (χ4n) is 3.71. The maximum Gasteiger partial charge on any atom is 0.335 e. The summed E-state index contributed by atoms with van der Waals surface area (Å²) < 4.78 is 0. The number of hydrogen-bond acceptors (Lipinski definition) is 4. The Morgan fingerprint density at radius 3 is 2.50 bits per heavy atom. The normalized spacial score (nSPS) is 12.9. The predicted octanol–water partition coefficient (Wildman–Crippen LogP) is 4.69. The molecule has 28 heavy (non-hydrogen) atoms. The molecule has 0 saturated carbocycles. The fraction of sp³-hybridized carbons (Fsp3) is 0.0870. The van der Waals surface area contributed by atoms with Gasteiger partial charge in [0.2, 0.25) is 0 Å². The molecule has 0 fully saturated rings. The summed E-state index contributed by atoms with van der Waals surface area (Å²) in [6.45, 7) is 0.817. The van der Waals surface area contributed by atoms with Crippen LogP contribution in [0.15, 0.2) is 72.8 Å². The zero-order valence-corrected chi connectivity index (χ0v) is 15.0. The fourth-order valence-corrected chi connectivity index (χ4v) is 3.71. The molecule has 0 spiro atoms. The van der Waals surface area contributed by atoms with E-state index >= 15 is 0 Å². The summed E-state index contributed by atoms with van der Waals surface area (Å²) in [7, 11) is 0. The highest BCUT2D eigenvalue weighted by Gasteiger charge is 2.25. The molecule has 1 N–H and O–H groups in total. The highest BCUT2D eigenvalue weighted by molar-refractivity contribution is 5.94. The molecule has 5 nitrogen and oxygen atoms in total. The van der Waals surface area contributed by atoms with Gasteiger partial charge in [-0.1, -0.05) is 48.5 Å². The number of carboxylic acids is 1. The average molecular weight is 367 g/mol. The highest BCUT2D eigenvalue weighted by Crippen LogP contribution is 2.38. The van der Waals surface area contributed by atoms with E-state index in [-0.39, 0.29) is 5.56 Å². The van der Waals surface area contributed by atoms with Crippen LogP contribution in [0, 0.1) is 0 Å². The Labute approximate surface area is 161 Å². The van der Waals surface area contributed by atoms with E-state index in [0.717, 1.165) is 35.7 Å². The molecule has 0 saturated heterocycles. The van der Waals surface area contributed by atoms with E-state index in [0.29, 0.717) is 11.0 Å². The summed E-state index contributed by atoms with van der Waals surface area (Å²) in [6, 6.07) is 23.2. The molecule has 0 aliphatic carbocycles. The van der Waals surface area contributed by atoms with Gasteiger partial charge in [0.15, 0.2) is 5.82 Å². The molecule has 0 amide bonds. The molecule has 1 aliphatic heterocycles. The number of hydrogen-bond donors (Lipinski definition) is 1. The first-order chi connectivity index (χ1) is 13.7. The van der Waals surface area contributed by atoms with Crippen LogP contribution in [0.4, 0.5) is 11.5 Å². The Morgan fingerprint density at radius 2 is 1.68 bits per heavy atom. The van der Waals surface area contributed by atoms with Gasteiger partial charge >= 0.3 is 5.97 Å². The van der Waals surface area contributed by atoms with Crippen molar-refractivity contribution in [3.63, 3.8) is 0 Å². The lowest BCUT2D eigenvalue weighted by atomic mass is 10.1. The summed E-state index contributed by atoms with van der Waals surface area (Å²) in [5.74, 6) is -0.213. The lowest BCUT2D eigenvalue weighted by molar-refractivity contribution is 0.0697. The highest BCUT2D eigenvalue weighted by atomic mass is 16.4. The third kappa shape index (κ3) is 2.68. The first-order valence-corrected chi connectivity index (χ1v) is 9.17. The Kier molecular flexibility index (Phi) is 3.79. The number of aromatic carboxylic acids is 1. The van der Waals surface area contributed by atoms with Gasteiger partial charge in [0, 0.05) is 17.8 Å². The molecule has 136 valence electrons. The SMILES string of the molecule is O=C(O)c1ccc2nc(-c3ccccc3)c(N3CCc4ccccc43)nc2c1. The van der Waals surface area contributed by atoms with Crippen molar-refractivity contribution in [2.45, 2.75) is 6.42 Å². The maximum absolute atomic E-state index is 11.4. The molecule has 2 heterocycles. The van der Waals surface area contributed by atoms with Crippen LogP contribution in [0.3, 0.4) is 0 Å². The minimum absolute atomic E-state index is 0.210. The zero-order chi connectivity index (χ0) is 19.1. The summed E-state index contributed by atoms with van der Waals surface area (Å²) in [6.07, 6.45) is 0.944. The second-order valence-electron chi connectivity index (χ2n) is 6.80. The number of carboxylic acid groups (broad SMARTS) is 1. The topological polar surface area (TPSA) is 66.3 Å². The van der Waals surface area contributed by atoms with Gasteiger partial charge in [-0.25, -0.2) is 14.8 Å². The molecule has 0 atom stereocenters. The second kappa shape index (κ2) is 6.46. The van der Waals surface area contributed by atoms with E-state index in [1.807, 2.05) is 42.5 Å². The Bertz CT molecular complexity index is 1210. The van der Waals surface area contributed by atoms with Crippen LogP contribution >= 0.6 is 0 Å². The molecule has 0 radical (unpaired) electrons. The third-order valence-corrected chi connectivity index (χ3v) is 5.08. The monoisotopic (exact) mass is 367 g/mol. The van der Waals surface area contributed by atoms with Crippen molar-refractivity contribution in [3.05, 3.63) is 83.9 Å². The van der Waals surface area contributed by atoms with Crippen molar-refractivity contribution in [2.24, 2.45) is 0 Å². The maximum atomic E-state index is 11.4. The summed E-state index contributed by atoms with van der Waals surface area (Å²) in [5, 5.41) is 9.33. The minimum Gasteiger partial charge on any atom is -0.478 e. The van der Waals surface area contributed by atoms with Gasteiger partial charge in [0.25, 0.3) is 0 Å². The van der Waals surface area contributed by atoms with Crippen molar-refractivity contribution < 1.29 is 9.90 Å². The van der Waals surface area contributed by atoms with Crippen LogP contribution in [0.2, 0.25) is 0 Å². The number of carbonyl (C=O) groups is 1. The third-order valence-electron chi connectivity index (χ3n) is 5.08. The van der Waals surface area contributed by atoms with Crippen molar-refractivity contribution in [1.29, 1.82) is 0 Å². The Hall–Kier alpha value is -3.73. The van der Waals surface area contributed by atoms with Crippen LogP contribution in [-0.2, 0) is 6.42 Å². The van der Waals surface area contributed by atoms with Crippen molar-refractivity contribution in [1.82, 2.24) is 9.97 Å². The molecule has 0 bridgehead atoms. The number of rotatable bonds is 3. The number of fused-ring (bicyclic) bond motifs is 2. The number of para-hydroxylation sites is 1. The van der Waals surface area contributed by atoms with Gasteiger partial charge in [-0.05, 0) is 36.2 Å². The van der Waals surface area contributed by atoms with Crippen molar-refractivity contribution in [2.75, 3.05) is 11.4 Å². The molecular formula is C23H17N3O2. The molecule has 3 aromatic carbocycles.